The van der Waals surface area contributed by atoms with Gasteiger partial charge in [0.1, 0.15) is 29.8 Å². The van der Waals surface area contributed by atoms with Crippen molar-refractivity contribution in [2.24, 2.45) is 0 Å². The van der Waals surface area contributed by atoms with Crippen LogP contribution in [0.2, 0.25) is 5.02 Å². The molecule has 0 radical (unpaired) electrons. The molecule has 16 nitrogen and oxygen atoms in total. The van der Waals surface area contributed by atoms with Crippen LogP contribution < -0.4 is 20.7 Å². The van der Waals surface area contributed by atoms with E-state index in [1.165, 1.54) is 43.4 Å². The fourth-order valence-corrected chi connectivity index (χ4v) is 9.44. The van der Waals surface area contributed by atoms with Gasteiger partial charge in [-0.3, -0.25) is 48.8 Å². The third-order valence-electron chi connectivity index (χ3n) is 11.6. The van der Waals surface area contributed by atoms with Crippen LogP contribution in [0.25, 0.3) is 10.9 Å². The Morgan fingerprint density at radius 2 is 1.77 bits per heavy atom. The highest BCUT2D eigenvalue weighted by Crippen LogP contribution is 2.36. The van der Waals surface area contributed by atoms with E-state index in [-0.39, 0.29) is 46.6 Å². The second kappa shape index (κ2) is 18.6. The zero-order valence-corrected chi connectivity index (χ0v) is 35.3. The number of halogens is 2. The quantitative estimate of drug-likeness (QED) is 0.103. The minimum atomic E-state index is -1.05. The Kier molecular flexibility index (Phi) is 12.8. The van der Waals surface area contributed by atoms with Crippen LogP contribution in [0, 0.1) is 5.82 Å². The summed E-state index contributed by atoms with van der Waals surface area (Å²) in [4.78, 5) is 93.8. The summed E-state index contributed by atoms with van der Waals surface area (Å²) in [5, 5.41) is 8.82. The number of thioether (sulfide) groups is 1. The number of nitrogens with one attached hydrogen (secondary N) is 3. The molecule has 8 rings (SSSR count). The number of aromatic nitrogens is 2. The number of benzene rings is 3. The molecular formula is C43H43ClFN9O7S. The highest BCUT2D eigenvalue weighted by Gasteiger charge is 2.45. The van der Waals surface area contributed by atoms with E-state index in [1.807, 2.05) is 11.0 Å². The van der Waals surface area contributed by atoms with Crippen molar-refractivity contribution in [3.8, 4) is 5.75 Å². The lowest BCUT2D eigenvalue weighted by Crippen LogP contribution is -2.54. The normalized spacial score (nSPS) is 19.0. The Balaban J connectivity index is 0.781. The summed E-state index contributed by atoms with van der Waals surface area (Å²) in [5.74, 6) is -2.23. The molecule has 4 aliphatic heterocycles. The predicted molar refractivity (Wildman–Crippen MR) is 230 cm³/mol. The number of amides is 6. The second-order valence-electron chi connectivity index (χ2n) is 15.3. The number of carbonyl (C=O) groups is 6. The summed E-state index contributed by atoms with van der Waals surface area (Å²) >= 11 is 7.17. The Morgan fingerprint density at radius 1 is 0.984 bits per heavy atom. The minimum absolute atomic E-state index is 0.0310. The van der Waals surface area contributed by atoms with Crippen LogP contribution >= 0.6 is 23.4 Å². The van der Waals surface area contributed by atoms with Gasteiger partial charge in [-0.15, -0.1) is 11.8 Å². The number of fused-ring (bicyclic) bond motifs is 2. The summed E-state index contributed by atoms with van der Waals surface area (Å²) in [6.45, 7) is 5.00. The topological polar surface area (TPSA) is 186 Å². The Bertz CT molecular complexity index is 2490. The van der Waals surface area contributed by atoms with Crippen LogP contribution in [0.4, 0.5) is 21.6 Å². The zero-order chi connectivity index (χ0) is 43.5. The summed E-state index contributed by atoms with van der Waals surface area (Å²) in [7, 11) is 1.51. The number of rotatable bonds is 12. The number of hydrogen-bond donors (Lipinski definition) is 3. The molecule has 1 unspecified atom stereocenters. The first-order valence-electron chi connectivity index (χ1n) is 20.2. The molecule has 5 heterocycles. The molecule has 0 spiro atoms. The molecule has 3 aromatic carbocycles. The fourth-order valence-electron chi connectivity index (χ4n) is 8.28. The number of likely N-dealkylation sites (tertiary alicyclic amines) is 1. The molecule has 3 N–H and O–H groups in total. The summed E-state index contributed by atoms with van der Waals surface area (Å²) in [5.41, 5.74) is 1.91. The standard InChI is InChI=1S/C43H43ClFN9O7S/c1-61-34-22-31-28(40(47-24-46-31)48-25-7-8-30(45)29(44)20-25)21-32(34)49-36(55)6-3-13-51-14-11-26(12-15-51)52-16-18-53(19-17-52)38(57)23-62-35-5-2-4-27-39(35)43(60)54(42(27)59)33-9-10-37(56)50-41(33)58/h2-8,20-22,24,26,33H,9-19,23H2,1H3,(H,49,55)(H,46,47,48)(H,50,56,58)/b6-3+. The van der Waals surface area contributed by atoms with Crippen LogP contribution in [0.3, 0.4) is 0 Å². The van der Waals surface area contributed by atoms with Crippen LogP contribution in [0.15, 0.2) is 71.9 Å². The van der Waals surface area contributed by atoms with Gasteiger partial charge in [0.2, 0.25) is 23.6 Å². The van der Waals surface area contributed by atoms with E-state index in [0.29, 0.717) is 64.4 Å². The van der Waals surface area contributed by atoms with Crippen LogP contribution in [-0.2, 0) is 19.2 Å². The average Bonchev–Trinajstić information content (AvgIpc) is 3.53. The van der Waals surface area contributed by atoms with Crippen molar-refractivity contribution in [3.05, 3.63) is 89.0 Å². The SMILES string of the molecule is COc1cc2ncnc(Nc3ccc(F)c(Cl)c3)c2cc1NC(=O)/C=C/CN1CCC(N2CCN(C(=O)CSc3cccc4c3C(=O)N(C3CCC(=O)NC3=O)C4=O)CC2)CC1. The first-order chi connectivity index (χ1) is 30.0. The Hall–Kier alpha value is -5.95. The molecular weight excluding hydrogens is 841 g/mol. The number of anilines is 3. The van der Waals surface area contributed by atoms with Gasteiger partial charge in [-0.1, -0.05) is 23.7 Å². The minimum Gasteiger partial charge on any atom is -0.494 e. The summed E-state index contributed by atoms with van der Waals surface area (Å²) in [6, 6.07) is 11.9. The third-order valence-corrected chi connectivity index (χ3v) is 12.9. The molecule has 0 aliphatic carbocycles. The summed E-state index contributed by atoms with van der Waals surface area (Å²) < 4.78 is 19.3. The van der Waals surface area contributed by atoms with Crippen molar-refractivity contribution in [1.29, 1.82) is 0 Å². The van der Waals surface area contributed by atoms with Gasteiger partial charge in [0.25, 0.3) is 11.8 Å². The van der Waals surface area contributed by atoms with E-state index in [2.05, 4.69) is 35.7 Å². The molecule has 62 heavy (non-hydrogen) atoms. The maximum Gasteiger partial charge on any atom is 0.263 e. The van der Waals surface area contributed by atoms with E-state index < -0.39 is 35.5 Å². The molecule has 4 aliphatic rings. The van der Waals surface area contributed by atoms with E-state index in [4.69, 9.17) is 16.3 Å². The number of methoxy groups -OCH3 is 1. The fraction of sp³-hybridized carbons (Fsp3) is 0.349. The monoisotopic (exact) mass is 883 g/mol. The van der Waals surface area contributed by atoms with Gasteiger partial charge < -0.3 is 20.3 Å². The van der Waals surface area contributed by atoms with Gasteiger partial charge in [0, 0.05) is 73.3 Å². The van der Waals surface area contributed by atoms with Crippen molar-refractivity contribution < 1.29 is 37.9 Å². The van der Waals surface area contributed by atoms with Gasteiger partial charge in [0.15, 0.2) is 0 Å². The van der Waals surface area contributed by atoms with Gasteiger partial charge in [-0.2, -0.15) is 0 Å². The van der Waals surface area contributed by atoms with Crippen LogP contribution in [0.5, 0.6) is 5.75 Å². The first kappa shape index (κ1) is 42.7. The van der Waals surface area contributed by atoms with Crippen molar-refractivity contribution >= 4 is 86.9 Å². The Labute approximate surface area is 365 Å². The molecule has 1 atom stereocenters. The molecule has 6 amide bonds. The van der Waals surface area contributed by atoms with Crippen LogP contribution in [0.1, 0.15) is 46.4 Å². The number of piperazine rings is 1. The molecule has 3 saturated heterocycles. The lowest BCUT2D eigenvalue weighted by molar-refractivity contribution is -0.136. The largest absolute Gasteiger partial charge is 0.494 e. The molecule has 4 aromatic rings. The number of hydrogen-bond acceptors (Lipinski definition) is 13. The van der Waals surface area contributed by atoms with Crippen LogP contribution in [-0.4, -0.2) is 136 Å². The maximum absolute atomic E-state index is 13.7. The number of carbonyl (C=O) groups excluding carboxylic acids is 6. The molecule has 322 valence electrons. The second-order valence-corrected chi connectivity index (χ2v) is 16.7. The maximum atomic E-state index is 13.7. The molecule has 0 bridgehead atoms. The number of piperidine rings is 2. The Morgan fingerprint density at radius 3 is 2.52 bits per heavy atom. The van der Waals surface area contributed by atoms with Crippen molar-refractivity contribution in [2.75, 3.05) is 69.3 Å². The van der Waals surface area contributed by atoms with Gasteiger partial charge in [-0.05, 0) is 68.8 Å². The molecule has 1 aromatic heterocycles. The van der Waals surface area contributed by atoms with E-state index in [0.717, 1.165) is 43.9 Å². The smallest absolute Gasteiger partial charge is 0.263 e. The van der Waals surface area contributed by atoms with Gasteiger partial charge in [0.05, 0.1) is 40.2 Å². The van der Waals surface area contributed by atoms with E-state index in [9.17, 15) is 33.2 Å². The number of ether oxygens (including phenoxy) is 1. The third kappa shape index (κ3) is 9.13. The number of imide groups is 2. The highest BCUT2D eigenvalue weighted by molar-refractivity contribution is 8.00. The van der Waals surface area contributed by atoms with Crippen molar-refractivity contribution in [2.45, 2.75) is 42.7 Å². The van der Waals surface area contributed by atoms with E-state index in [1.54, 1.807) is 36.4 Å². The molecule has 19 heteroatoms. The zero-order valence-electron chi connectivity index (χ0n) is 33.7. The van der Waals surface area contributed by atoms with Gasteiger partial charge in [-0.25, -0.2) is 14.4 Å². The predicted octanol–water partition coefficient (Wildman–Crippen LogP) is 4.47. The highest BCUT2D eigenvalue weighted by atomic mass is 35.5. The lowest BCUT2D eigenvalue weighted by Gasteiger charge is -2.42. The summed E-state index contributed by atoms with van der Waals surface area (Å²) in [6.07, 6.45) is 6.77. The van der Waals surface area contributed by atoms with E-state index >= 15 is 0 Å². The average molecular weight is 884 g/mol. The molecule has 0 saturated carbocycles. The number of nitrogens with zero attached hydrogens (tertiary/aromatic N) is 6. The first-order valence-corrected chi connectivity index (χ1v) is 21.6. The van der Waals surface area contributed by atoms with Gasteiger partial charge >= 0.3 is 0 Å². The van der Waals surface area contributed by atoms with Crippen molar-refractivity contribution in [1.82, 2.24) is 34.9 Å². The molecule has 3 fully saturated rings. The lowest BCUT2D eigenvalue weighted by atomic mass is 10.0. The van der Waals surface area contributed by atoms with Crippen molar-refractivity contribution in [3.63, 3.8) is 0 Å².